The number of nitrogens with one attached hydrogen (secondary N) is 1. The number of hydrogen-bond acceptors (Lipinski definition) is 7. The first kappa shape index (κ1) is 21.9. The van der Waals surface area contributed by atoms with Crippen molar-refractivity contribution >= 4 is 61.4 Å². The Morgan fingerprint density at radius 1 is 1.37 bits per heavy atom. The van der Waals surface area contributed by atoms with Crippen LogP contribution >= 0.6 is 34.7 Å². The maximum atomic E-state index is 12.8. The highest BCUT2D eigenvalue weighted by molar-refractivity contribution is 8.01. The molecule has 1 atom stereocenters. The number of aromatic nitrogens is 2. The molecule has 0 aliphatic heterocycles. The molecular formula is C16H21ClN4O3S3. The highest BCUT2D eigenvalue weighted by Gasteiger charge is 2.32. The topological polar surface area (TPSA) is 92.3 Å². The molecular weight excluding hydrogens is 428 g/mol. The van der Waals surface area contributed by atoms with Gasteiger partial charge in [0.2, 0.25) is 21.1 Å². The molecule has 1 N–H and O–H groups in total. The van der Waals surface area contributed by atoms with E-state index in [1.807, 2.05) is 13.8 Å². The normalized spacial score (nSPS) is 12.8. The van der Waals surface area contributed by atoms with Crippen LogP contribution in [-0.2, 0) is 14.8 Å². The van der Waals surface area contributed by atoms with Crippen LogP contribution in [0.4, 0.5) is 10.8 Å². The minimum atomic E-state index is -3.72. The minimum absolute atomic E-state index is 0.276. The number of benzene rings is 1. The SMILES string of the molecule is CC[C@H](C(=O)Nc1nnc(SC(C)C)s1)N(c1cccc(Cl)c1)S(C)(=O)=O. The molecule has 0 aliphatic carbocycles. The first-order valence-electron chi connectivity index (χ1n) is 8.17. The van der Waals surface area contributed by atoms with Gasteiger partial charge < -0.3 is 0 Å². The molecule has 27 heavy (non-hydrogen) atoms. The van der Waals surface area contributed by atoms with Gasteiger partial charge >= 0.3 is 0 Å². The van der Waals surface area contributed by atoms with Crippen molar-refractivity contribution < 1.29 is 13.2 Å². The first-order valence-corrected chi connectivity index (χ1v) is 12.1. The van der Waals surface area contributed by atoms with Crippen molar-refractivity contribution in [1.82, 2.24) is 10.2 Å². The Labute approximate surface area is 172 Å². The summed E-state index contributed by atoms with van der Waals surface area (Å²) in [5.74, 6) is -0.472. The van der Waals surface area contributed by atoms with Crippen molar-refractivity contribution in [2.75, 3.05) is 15.9 Å². The van der Waals surface area contributed by atoms with Gasteiger partial charge in [0, 0.05) is 10.3 Å². The van der Waals surface area contributed by atoms with Gasteiger partial charge in [0.25, 0.3) is 0 Å². The molecule has 0 radical (unpaired) electrons. The summed E-state index contributed by atoms with van der Waals surface area (Å²) in [5.41, 5.74) is 0.334. The smallest absolute Gasteiger partial charge is 0.250 e. The van der Waals surface area contributed by atoms with Gasteiger partial charge in [-0.25, -0.2) is 8.42 Å². The standard InChI is InChI=1S/C16H21ClN4O3S3/c1-5-13(14(22)18-15-19-20-16(26-15)25-10(2)3)21(27(4,23)24)12-8-6-7-11(17)9-12/h6-10,13H,5H2,1-4H3,(H,18,19,22)/t13-/m1/s1. The van der Waals surface area contributed by atoms with Crippen molar-refractivity contribution in [1.29, 1.82) is 0 Å². The zero-order valence-corrected chi connectivity index (χ0v) is 18.5. The van der Waals surface area contributed by atoms with Gasteiger partial charge in [0.1, 0.15) is 6.04 Å². The summed E-state index contributed by atoms with van der Waals surface area (Å²) in [6, 6.07) is 5.46. The van der Waals surface area contributed by atoms with E-state index in [9.17, 15) is 13.2 Å². The molecule has 1 aromatic heterocycles. The molecule has 0 unspecified atom stereocenters. The van der Waals surface area contributed by atoms with E-state index in [-0.39, 0.29) is 6.42 Å². The van der Waals surface area contributed by atoms with E-state index < -0.39 is 22.0 Å². The number of amides is 1. The average molecular weight is 449 g/mol. The number of carbonyl (C=O) groups excluding carboxylic acids is 1. The van der Waals surface area contributed by atoms with E-state index in [1.165, 1.54) is 17.4 Å². The molecule has 148 valence electrons. The van der Waals surface area contributed by atoms with Crippen LogP contribution in [0, 0.1) is 0 Å². The third-order valence-corrected chi connectivity index (χ3v) is 6.71. The quantitative estimate of drug-likeness (QED) is 0.486. The lowest BCUT2D eigenvalue weighted by Crippen LogP contribution is -2.47. The molecule has 1 aromatic carbocycles. The molecule has 0 spiro atoms. The number of anilines is 2. The third-order valence-electron chi connectivity index (χ3n) is 3.37. The van der Waals surface area contributed by atoms with Crippen LogP contribution in [0.25, 0.3) is 0 Å². The summed E-state index contributed by atoms with van der Waals surface area (Å²) in [7, 11) is -3.72. The zero-order chi connectivity index (χ0) is 20.2. The summed E-state index contributed by atoms with van der Waals surface area (Å²) < 4.78 is 26.6. The maximum absolute atomic E-state index is 12.8. The zero-order valence-electron chi connectivity index (χ0n) is 15.3. The van der Waals surface area contributed by atoms with E-state index in [1.54, 1.807) is 36.9 Å². The van der Waals surface area contributed by atoms with Gasteiger partial charge in [-0.2, -0.15) is 0 Å². The van der Waals surface area contributed by atoms with Crippen molar-refractivity contribution in [3.8, 4) is 0 Å². The molecule has 2 rings (SSSR count). The molecule has 1 amide bonds. The Hall–Kier alpha value is -1.36. The molecule has 0 aliphatic rings. The molecule has 11 heteroatoms. The van der Waals surface area contributed by atoms with Crippen LogP contribution in [0.1, 0.15) is 27.2 Å². The van der Waals surface area contributed by atoms with Gasteiger partial charge in [0.15, 0.2) is 4.34 Å². The van der Waals surface area contributed by atoms with Crippen molar-refractivity contribution in [3.63, 3.8) is 0 Å². The van der Waals surface area contributed by atoms with Gasteiger partial charge in [-0.1, -0.05) is 61.5 Å². The number of thioether (sulfide) groups is 1. The Kier molecular flexibility index (Phi) is 7.49. The lowest BCUT2D eigenvalue weighted by Gasteiger charge is -2.29. The molecule has 7 nitrogen and oxygen atoms in total. The largest absolute Gasteiger partial charge is 0.299 e. The minimum Gasteiger partial charge on any atom is -0.299 e. The van der Waals surface area contributed by atoms with E-state index in [4.69, 9.17) is 11.6 Å². The second-order valence-electron chi connectivity index (χ2n) is 5.99. The van der Waals surface area contributed by atoms with Gasteiger partial charge in [-0.05, 0) is 24.6 Å². The monoisotopic (exact) mass is 448 g/mol. The Bertz CT molecular complexity index is 902. The number of sulfonamides is 1. The fraction of sp³-hybridized carbons (Fsp3) is 0.438. The average Bonchev–Trinajstić information content (AvgIpc) is 2.97. The van der Waals surface area contributed by atoms with Gasteiger partial charge in [-0.15, -0.1) is 10.2 Å². The molecule has 0 saturated carbocycles. The summed E-state index contributed by atoms with van der Waals surface area (Å²) in [6.07, 6.45) is 1.34. The number of nitrogens with zero attached hydrogens (tertiary/aromatic N) is 3. The van der Waals surface area contributed by atoms with Crippen LogP contribution < -0.4 is 9.62 Å². The number of hydrogen-bond donors (Lipinski definition) is 1. The third kappa shape index (κ3) is 6.06. The van der Waals surface area contributed by atoms with Crippen molar-refractivity contribution in [2.24, 2.45) is 0 Å². The molecule has 0 bridgehead atoms. The number of carbonyl (C=O) groups is 1. The van der Waals surface area contributed by atoms with Crippen LogP contribution in [0.5, 0.6) is 0 Å². The molecule has 2 aromatic rings. The Balaban J connectivity index is 2.28. The maximum Gasteiger partial charge on any atom is 0.250 e. The molecule has 0 saturated heterocycles. The predicted octanol–water partition coefficient (Wildman–Crippen LogP) is 3.88. The van der Waals surface area contributed by atoms with E-state index in [2.05, 4.69) is 15.5 Å². The summed E-state index contributed by atoms with van der Waals surface area (Å²) in [5, 5.41) is 11.7. The molecule has 0 fully saturated rings. The van der Waals surface area contributed by atoms with Crippen molar-refractivity contribution in [3.05, 3.63) is 29.3 Å². The Morgan fingerprint density at radius 3 is 2.63 bits per heavy atom. The first-order chi connectivity index (χ1) is 12.6. The van der Waals surface area contributed by atoms with Gasteiger partial charge in [-0.3, -0.25) is 14.4 Å². The summed E-state index contributed by atoms with van der Waals surface area (Å²) in [4.78, 5) is 12.8. The molecule has 1 heterocycles. The van der Waals surface area contributed by atoms with Crippen LogP contribution in [0.2, 0.25) is 5.02 Å². The van der Waals surface area contributed by atoms with Crippen LogP contribution in [0.3, 0.4) is 0 Å². The second kappa shape index (κ2) is 9.22. The number of rotatable bonds is 8. The lowest BCUT2D eigenvalue weighted by molar-refractivity contribution is -0.117. The highest BCUT2D eigenvalue weighted by Crippen LogP contribution is 2.30. The van der Waals surface area contributed by atoms with Crippen molar-refractivity contribution in [2.45, 2.75) is 42.8 Å². The Morgan fingerprint density at radius 2 is 2.07 bits per heavy atom. The summed E-state index contributed by atoms with van der Waals surface area (Å²) >= 11 is 8.80. The van der Waals surface area contributed by atoms with E-state index in [0.29, 0.717) is 21.1 Å². The lowest BCUT2D eigenvalue weighted by atomic mass is 10.2. The van der Waals surface area contributed by atoms with Crippen LogP contribution in [0.15, 0.2) is 28.6 Å². The van der Waals surface area contributed by atoms with Crippen LogP contribution in [-0.4, -0.2) is 42.1 Å². The highest BCUT2D eigenvalue weighted by atomic mass is 35.5. The second-order valence-corrected chi connectivity index (χ2v) is 11.1. The number of halogens is 1. The predicted molar refractivity (Wildman–Crippen MR) is 112 cm³/mol. The van der Waals surface area contributed by atoms with Gasteiger partial charge in [0.05, 0.1) is 11.9 Å². The fourth-order valence-electron chi connectivity index (χ4n) is 2.37. The summed E-state index contributed by atoms with van der Waals surface area (Å²) in [6.45, 7) is 5.81. The fourth-order valence-corrected chi connectivity index (χ4v) is 5.74. The van der Waals surface area contributed by atoms with E-state index in [0.717, 1.165) is 14.9 Å². The van der Waals surface area contributed by atoms with E-state index >= 15 is 0 Å².